The van der Waals surface area contributed by atoms with Gasteiger partial charge in [0.15, 0.2) is 5.69 Å². The molecular weight excluding hydrogens is 417 g/mol. The summed E-state index contributed by atoms with van der Waals surface area (Å²) in [5.74, 6) is -3.00. The second-order valence-electron chi connectivity index (χ2n) is 6.46. The predicted molar refractivity (Wildman–Crippen MR) is 98.6 cm³/mol. The van der Waals surface area contributed by atoms with Gasteiger partial charge in [0.05, 0.1) is 0 Å². The summed E-state index contributed by atoms with van der Waals surface area (Å²) < 4.78 is 63.2. The van der Waals surface area contributed by atoms with Crippen LogP contribution in [0.3, 0.4) is 0 Å². The van der Waals surface area contributed by atoms with Crippen molar-refractivity contribution < 1.29 is 26.7 Å². The molecular formula is C17H20F5N5OS. The van der Waals surface area contributed by atoms with Crippen LogP contribution in [0.4, 0.5) is 27.6 Å². The second-order valence-corrected chi connectivity index (χ2v) is 7.12. The van der Waals surface area contributed by atoms with Gasteiger partial charge in [-0.1, -0.05) is 0 Å². The fraction of sp³-hybridized carbons (Fsp3) is 0.471. The molecule has 3 rings (SSSR count). The van der Waals surface area contributed by atoms with Gasteiger partial charge in [-0.2, -0.15) is 18.3 Å². The lowest BCUT2D eigenvalue weighted by Gasteiger charge is -2.07. The molecule has 2 aromatic heterocycles. The van der Waals surface area contributed by atoms with Crippen molar-refractivity contribution in [2.24, 2.45) is 12.2 Å². The number of halogens is 5. The molecule has 160 valence electrons. The van der Waals surface area contributed by atoms with Crippen LogP contribution >= 0.6 is 11.9 Å². The highest BCUT2D eigenvalue weighted by atomic mass is 32.2. The van der Waals surface area contributed by atoms with Gasteiger partial charge in [-0.05, 0) is 43.8 Å². The molecule has 3 N–H and O–H groups in total. The fourth-order valence-electron chi connectivity index (χ4n) is 2.85. The Morgan fingerprint density at radius 1 is 1.31 bits per heavy atom. The molecule has 0 radical (unpaired) electrons. The van der Waals surface area contributed by atoms with Crippen LogP contribution in [-0.4, -0.2) is 26.6 Å². The summed E-state index contributed by atoms with van der Waals surface area (Å²) in [4.78, 5) is 16.1. The standard InChI is InChI=1S/C12H12F3N5OS.C5H8F2/c1-6-9(20(2)19-10(6)12(13,14)15)11(21)18-7-3-4-17-8(5-7)22-16;6-5(7)3-1-2-4-5/h3-5H,16H2,1-2H3,(H,17,18,21);1-4H2. The summed E-state index contributed by atoms with van der Waals surface area (Å²) in [5, 5.41) is 11.7. The van der Waals surface area contributed by atoms with E-state index in [4.69, 9.17) is 5.14 Å². The first-order valence-corrected chi connectivity index (χ1v) is 9.45. The molecule has 0 saturated heterocycles. The van der Waals surface area contributed by atoms with E-state index in [-0.39, 0.29) is 24.1 Å². The lowest BCUT2D eigenvalue weighted by atomic mass is 10.2. The fourth-order valence-corrected chi connectivity index (χ4v) is 3.17. The number of rotatable bonds is 3. The Morgan fingerprint density at radius 2 is 1.93 bits per heavy atom. The number of amides is 1. The number of nitrogens with zero attached hydrogens (tertiary/aromatic N) is 3. The number of pyridine rings is 1. The van der Waals surface area contributed by atoms with Crippen molar-refractivity contribution in [1.82, 2.24) is 14.8 Å². The van der Waals surface area contributed by atoms with Crippen molar-refractivity contribution >= 4 is 23.5 Å². The summed E-state index contributed by atoms with van der Waals surface area (Å²) in [7, 11) is 1.28. The Balaban J connectivity index is 0.000000360. The molecule has 0 atom stereocenters. The van der Waals surface area contributed by atoms with Gasteiger partial charge in [0, 0.05) is 37.3 Å². The molecule has 12 heteroatoms. The predicted octanol–water partition coefficient (Wildman–Crippen LogP) is 4.56. The Morgan fingerprint density at radius 3 is 2.38 bits per heavy atom. The molecule has 1 fully saturated rings. The van der Waals surface area contributed by atoms with Crippen molar-refractivity contribution in [2.75, 3.05) is 5.32 Å². The van der Waals surface area contributed by atoms with Crippen LogP contribution in [0, 0.1) is 6.92 Å². The van der Waals surface area contributed by atoms with Gasteiger partial charge in [-0.3, -0.25) is 14.6 Å². The zero-order valence-corrected chi connectivity index (χ0v) is 16.5. The highest BCUT2D eigenvalue weighted by molar-refractivity contribution is 7.97. The first-order chi connectivity index (χ1) is 13.4. The summed E-state index contributed by atoms with van der Waals surface area (Å²) in [6.45, 7) is 1.21. The number of alkyl halides is 5. The molecule has 2 aromatic rings. The molecule has 0 bridgehead atoms. The Kier molecular flexibility index (Phi) is 7.22. The third-order valence-electron chi connectivity index (χ3n) is 4.22. The van der Waals surface area contributed by atoms with E-state index in [0.717, 1.165) is 16.6 Å². The van der Waals surface area contributed by atoms with Crippen LogP contribution in [0.25, 0.3) is 0 Å². The van der Waals surface area contributed by atoms with E-state index in [0.29, 0.717) is 23.6 Å². The first kappa shape index (κ1) is 23.1. The largest absolute Gasteiger partial charge is 0.435 e. The van der Waals surface area contributed by atoms with Crippen LogP contribution in [0.2, 0.25) is 0 Å². The maximum absolute atomic E-state index is 12.8. The highest BCUT2D eigenvalue weighted by Crippen LogP contribution is 2.34. The number of aromatic nitrogens is 3. The van der Waals surface area contributed by atoms with E-state index in [2.05, 4.69) is 15.4 Å². The van der Waals surface area contributed by atoms with E-state index in [1.807, 2.05) is 0 Å². The summed E-state index contributed by atoms with van der Waals surface area (Å²) in [6.07, 6.45) is -1.51. The minimum Gasteiger partial charge on any atom is -0.321 e. The number of nitrogens with two attached hydrogens (primary N) is 1. The molecule has 1 aliphatic rings. The number of hydrogen-bond acceptors (Lipinski definition) is 5. The Hall–Kier alpha value is -2.21. The smallest absolute Gasteiger partial charge is 0.321 e. The lowest BCUT2D eigenvalue weighted by Crippen LogP contribution is -2.17. The molecule has 0 aromatic carbocycles. The molecule has 0 aliphatic heterocycles. The SMILES string of the molecule is Cc1c(C(F)(F)F)nn(C)c1C(=O)Nc1ccnc(SN)c1.FC1(F)CCCC1. The van der Waals surface area contributed by atoms with Crippen LogP contribution < -0.4 is 10.5 Å². The zero-order valence-electron chi connectivity index (χ0n) is 15.7. The van der Waals surface area contributed by atoms with E-state index in [9.17, 15) is 26.7 Å². The number of carbonyl (C=O) groups is 1. The molecule has 2 heterocycles. The van der Waals surface area contributed by atoms with Crippen LogP contribution in [0.15, 0.2) is 23.4 Å². The zero-order chi connectivity index (χ0) is 21.8. The number of nitrogens with one attached hydrogen (secondary N) is 1. The van der Waals surface area contributed by atoms with Crippen LogP contribution in [0.1, 0.15) is 47.4 Å². The van der Waals surface area contributed by atoms with Gasteiger partial charge in [0.1, 0.15) is 10.7 Å². The van der Waals surface area contributed by atoms with Gasteiger partial charge in [-0.25, -0.2) is 13.8 Å². The molecule has 29 heavy (non-hydrogen) atoms. The van der Waals surface area contributed by atoms with E-state index >= 15 is 0 Å². The van der Waals surface area contributed by atoms with Crippen molar-refractivity contribution in [3.63, 3.8) is 0 Å². The molecule has 0 spiro atoms. The third kappa shape index (κ3) is 6.13. The monoisotopic (exact) mass is 437 g/mol. The maximum atomic E-state index is 12.8. The van der Waals surface area contributed by atoms with Gasteiger partial charge < -0.3 is 5.32 Å². The lowest BCUT2D eigenvalue weighted by molar-refractivity contribution is -0.141. The summed E-state index contributed by atoms with van der Waals surface area (Å²) in [6, 6.07) is 3.02. The first-order valence-electron chi connectivity index (χ1n) is 8.57. The third-order valence-corrected chi connectivity index (χ3v) is 4.68. The summed E-state index contributed by atoms with van der Waals surface area (Å²) >= 11 is 0.891. The van der Waals surface area contributed by atoms with Crippen molar-refractivity contribution in [2.45, 2.75) is 49.7 Å². The molecule has 1 saturated carbocycles. The van der Waals surface area contributed by atoms with E-state index in [1.54, 1.807) is 0 Å². The minimum absolute atomic E-state index is 0.118. The van der Waals surface area contributed by atoms with Gasteiger partial charge in [0.25, 0.3) is 5.91 Å². The number of anilines is 1. The maximum Gasteiger partial charge on any atom is 0.435 e. The number of hydrogen-bond donors (Lipinski definition) is 2. The molecule has 1 amide bonds. The average Bonchev–Trinajstić information content (AvgIpc) is 3.17. The topological polar surface area (TPSA) is 85.8 Å². The van der Waals surface area contributed by atoms with Crippen molar-refractivity contribution in [3.05, 3.63) is 35.3 Å². The van der Waals surface area contributed by atoms with E-state index in [1.165, 1.54) is 32.3 Å². The van der Waals surface area contributed by atoms with Gasteiger partial charge in [-0.15, -0.1) is 0 Å². The molecule has 0 unspecified atom stereocenters. The number of carbonyl (C=O) groups excluding carboxylic acids is 1. The Bertz CT molecular complexity index is 860. The van der Waals surface area contributed by atoms with Crippen LogP contribution in [0.5, 0.6) is 0 Å². The minimum atomic E-state index is -4.61. The van der Waals surface area contributed by atoms with Gasteiger partial charge >= 0.3 is 6.18 Å². The Labute approximate surface area is 168 Å². The number of aryl methyl sites for hydroxylation is 1. The van der Waals surface area contributed by atoms with Crippen LogP contribution in [-0.2, 0) is 13.2 Å². The molecule has 1 aliphatic carbocycles. The summed E-state index contributed by atoms with van der Waals surface area (Å²) in [5.41, 5.74) is -1.09. The van der Waals surface area contributed by atoms with E-state index < -0.39 is 23.7 Å². The van der Waals surface area contributed by atoms with Crippen molar-refractivity contribution in [1.29, 1.82) is 0 Å². The second kappa shape index (κ2) is 9.08. The average molecular weight is 437 g/mol. The molecule has 6 nitrogen and oxygen atoms in total. The highest BCUT2D eigenvalue weighted by Gasteiger charge is 2.38. The normalized spacial score (nSPS) is 15.6. The quantitative estimate of drug-likeness (QED) is 0.543. The van der Waals surface area contributed by atoms with Gasteiger partial charge in [0.2, 0.25) is 5.92 Å². The van der Waals surface area contributed by atoms with Crippen molar-refractivity contribution in [3.8, 4) is 0 Å².